The van der Waals surface area contributed by atoms with Crippen molar-refractivity contribution >= 4 is 40.9 Å². The largest absolute Gasteiger partial charge is 0.383 e. The van der Waals surface area contributed by atoms with Crippen LogP contribution in [0.2, 0.25) is 5.15 Å². The minimum Gasteiger partial charge on any atom is -0.383 e. The number of amides is 1. The summed E-state index contributed by atoms with van der Waals surface area (Å²) in [6.45, 7) is 0.389. The van der Waals surface area contributed by atoms with Crippen LogP contribution in [0.5, 0.6) is 0 Å². The second-order valence-corrected chi connectivity index (χ2v) is 4.23. The molecule has 0 bridgehead atoms. The van der Waals surface area contributed by atoms with E-state index < -0.39 is 0 Å². The van der Waals surface area contributed by atoms with Gasteiger partial charge in [0.1, 0.15) is 11.0 Å². The Bertz CT molecular complexity index is 391. The lowest BCUT2D eigenvalue weighted by atomic mass is 10.4. The van der Waals surface area contributed by atoms with Crippen LogP contribution in [-0.2, 0) is 4.79 Å². The van der Waals surface area contributed by atoms with E-state index in [1.54, 1.807) is 0 Å². The van der Waals surface area contributed by atoms with Gasteiger partial charge in [-0.25, -0.2) is 4.98 Å². The molecule has 2 rings (SSSR count). The minimum atomic E-state index is -0.207. The van der Waals surface area contributed by atoms with Gasteiger partial charge in [-0.2, -0.15) is 4.98 Å². The van der Waals surface area contributed by atoms with E-state index in [0.717, 1.165) is 0 Å². The Labute approximate surface area is 96.2 Å². The first kappa shape index (κ1) is 10.4. The Hall–Kier alpha value is -1.07. The number of anilines is 2. The summed E-state index contributed by atoms with van der Waals surface area (Å²) in [5.74, 6) is 0.334. The summed E-state index contributed by atoms with van der Waals surface area (Å²) in [6, 6.07) is 1.42. The Morgan fingerprint density at radius 3 is 2.80 bits per heavy atom. The molecular formula is C8H8Cl2N4O. The fourth-order valence-electron chi connectivity index (χ4n) is 1.40. The van der Waals surface area contributed by atoms with Crippen LogP contribution in [0, 0.1) is 0 Å². The summed E-state index contributed by atoms with van der Waals surface area (Å²) in [5, 5.41) is 0.00429. The maximum Gasteiger partial charge on any atom is 0.235 e. The predicted octanol–water partition coefficient (Wildman–Crippen LogP) is 1.06. The van der Waals surface area contributed by atoms with Crippen molar-refractivity contribution in [2.45, 2.75) is 11.8 Å². The van der Waals surface area contributed by atoms with Gasteiger partial charge in [0.25, 0.3) is 0 Å². The summed E-state index contributed by atoms with van der Waals surface area (Å²) in [5.41, 5.74) is 5.50. The molecule has 7 heteroatoms. The van der Waals surface area contributed by atoms with E-state index in [0.29, 0.717) is 6.54 Å². The first-order valence-corrected chi connectivity index (χ1v) is 5.12. The zero-order valence-electron chi connectivity index (χ0n) is 7.65. The van der Waals surface area contributed by atoms with Crippen LogP contribution in [0.15, 0.2) is 6.07 Å². The minimum absolute atomic E-state index is 0.114. The number of rotatable bonds is 1. The lowest BCUT2D eigenvalue weighted by Crippen LogP contribution is -2.27. The number of nitrogen functional groups attached to an aromatic ring is 1. The van der Waals surface area contributed by atoms with E-state index in [4.69, 9.17) is 28.9 Å². The molecule has 1 unspecified atom stereocenters. The summed E-state index contributed by atoms with van der Waals surface area (Å²) in [6.07, 6.45) is 0.289. The number of carbonyl (C=O) groups excluding carboxylic acids is 1. The first-order chi connectivity index (χ1) is 7.06. The third-order valence-corrected chi connectivity index (χ3v) is 2.51. The zero-order valence-corrected chi connectivity index (χ0v) is 9.16. The van der Waals surface area contributed by atoms with E-state index in [2.05, 4.69) is 9.97 Å². The quantitative estimate of drug-likeness (QED) is 0.594. The highest BCUT2D eigenvalue weighted by atomic mass is 35.5. The third-order valence-electron chi connectivity index (χ3n) is 2.02. The van der Waals surface area contributed by atoms with Gasteiger partial charge in [0, 0.05) is 19.0 Å². The highest BCUT2D eigenvalue weighted by Crippen LogP contribution is 2.23. The Kier molecular flexibility index (Phi) is 2.67. The SMILES string of the molecule is Nc1cc(Cl)nc(N2CC(Cl)CC2=O)n1. The Morgan fingerprint density at radius 2 is 2.27 bits per heavy atom. The topological polar surface area (TPSA) is 72.1 Å². The molecule has 1 atom stereocenters. The van der Waals surface area contributed by atoms with Crippen LogP contribution in [0.1, 0.15) is 6.42 Å². The van der Waals surface area contributed by atoms with E-state index in [1.807, 2.05) is 0 Å². The fraction of sp³-hybridized carbons (Fsp3) is 0.375. The standard InChI is InChI=1S/C8H8Cl2N4O/c9-4-1-7(15)14(3-4)8-12-5(10)2-6(11)13-8/h2,4H,1,3H2,(H2,11,12,13). The molecule has 80 valence electrons. The summed E-state index contributed by atoms with van der Waals surface area (Å²) in [7, 11) is 0. The van der Waals surface area contributed by atoms with E-state index >= 15 is 0 Å². The Balaban J connectivity index is 2.33. The lowest BCUT2D eigenvalue weighted by molar-refractivity contribution is -0.117. The normalized spacial score (nSPS) is 21.1. The molecule has 1 aliphatic rings. The van der Waals surface area contributed by atoms with Gasteiger partial charge >= 0.3 is 0 Å². The van der Waals surface area contributed by atoms with Crippen molar-refractivity contribution in [1.82, 2.24) is 9.97 Å². The fourth-order valence-corrected chi connectivity index (χ4v) is 1.86. The molecule has 0 spiro atoms. The van der Waals surface area contributed by atoms with E-state index in [9.17, 15) is 4.79 Å². The molecule has 2 heterocycles. The van der Waals surface area contributed by atoms with Crippen molar-refractivity contribution in [3.63, 3.8) is 0 Å². The number of nitrogens with zero attached hydrogens (tertiary/aromatic N) is 3. The average Bonchev–Trinajstić information content (AvgIpc) is 2.43. The van der Waals surface area contributed by atoms with Gasteiger partial charge in [-0.05, 0) is 0 Å². The number of nitrogens with two attached hydrogens (primary N) is 1. The number of hydrogen-bond acceptors (Lipinski definition) is 4. The van der Waals surface area contributed by atoms with Crippen molar-refractivity contribution in [3.8, 4) is 0 Å². The van der Waals surface area contributed by atoms with Crippen molar-refractivity contribution in [2.75, 3.05) is 17.2 Å². The van der Waals surface area contributed by atoms with Gasteiger partial charge in [-0.3, -0.25) is 9.69 Å². The van der Waals surface area contributed by atoms with Crippen LogP contribution < -0.4 is 10.6 Å². The molecule has 0 saturated carbocycles. The van der Waals surface area contributed by atoms with Gasteiger partial charge in [-0.1, -0.05) is 11.6 Å². The molecule has 5 nitrogen and oxygen atoms in total. The van der Waals surface area contributed by atoms with E-state index in [1.165, 1.54) is 11.0 Å². The molecule has 0 radical (unpaired) electrons. The van der Waals surface area contributed by atoms with Crippen molar-refractivity contribution in [1.29, 1.82) is 0 Å². The van der Waals surface area contributed by atoms with Gasteiger partial charge < -0.3 is 5.73 Å². The molecule has 0 aromatic carbocycles. The van der Waals surface area contributed by atoms with Crippen LogP contribution in [0.4, 0.5) is 11.8 Å². The maximum absolute atomic E-state index is 11.5. The van der Waals surface area contributed by atoms with Crippen molar-refractivity contribution < 1.29 is 4.79 Å². The lowest BCUT2D eigenvalue weighted by Gasteiger charge is -2.13. The number of halogens is 2. The second kappa shape index (κ2) is 3.83. The number of aromatic nitrogens is 2. The molecule has 1 aromatic rings. The van der Waals surface area contributed by atoms with Crippen molar-refractivity contribution in [2.24, 2.45) is 0 Å². The summed E-state index contributed by atoms with van der Waals surface area (Å²) >= 11 is 11.6. The van der Waals surface area contributed by atoms with Gasteiger partial charge in [0.05, 0.1) is 5.38 Å². The average molecular weight is 247 g/mol. The molecule has 1 amide bonds. The van der Waals surface area contributed by atoms with Crippen molar-refractivity contribution in [3.05, 3.63) is 11.2 Å². The van der Waals surface area contributed by atoms with Crippen LogP contribution in [0.3, 0.4) is 0 Å². The Morgan fingerprint density at radius 1 is 1.53 bits per heavy atom. The molecule has 0 aliphatic carbocycles. The van der Waals surface area contributed by atoms with E-state index in [-0.39, 0.29) is 34.6 Å². The molecular weight excluding hydrogens is 239 g/mol. The summed E-state index contributed by atoms with van der Waals surface area (Å²) in [4.78, 5) is 20.7. The monoisotopic (exact) mass is 246 g/mol. The third kappa shape index (κ3) is 2.13. The van der Waals surface area contributed by atoms with Crippen LogP contribution in [0.25, 0.3) is 0 Å². The summed E-state index contributed by atoms with van der Waals surface area (Å²) < 4.78 is 0. The molecule has 15 heavy (non-hydrogen) atoms. The number of alkyl halides is 1. The van der Waals surface area contributed by atoms with Gasteiger partial charge in [0.2, 0.25) is 11.9 Å². The zero-order chi connectivity index (χ0) is 11.0. The molecule has 1 fully saturated rings. The highest BCUT2D eigenvalue weighted by molar-refractivity contribution is 6.29. The molecule has 1 aromatic heterocycles. The highest BCUT2D eigenvalue weighted by Gasteiger charge is 2.31. The van der Waals surface area contributed by atoms with Crippen LogP contribution >= 0.6 is 23.2 Å². The molecule has 2 N–H and O–H groups in total. The molecule has 1 aliphatic heterocycles. The number of hydrogen-bond donors (Lipinski definition) is 1. The maximum atomic E-state index is 11.5. The first-order valence-electron chi connectivity index (χ1n) is 4.31. The predicted molar refractivity (Wildman–Crippen MR) is 58.1 cm³/mol. The second-order valence-electron chi connectivity index (χ2n) is 3.22. The van der Waals surface area contributed by atoms with Gasteiger partial charge in [-0.15, -0.1) is 11.6 Å². The molecule has 1 saturated heterocycles. The number of carbonyl (C=O) groups is 1. The van der Waals surface area contributed by atoms with Crippen LogP contribution in [-0.4, -0.2) is 27.8 Å². The smallest absolute Gasteiger partial charge is 0.235 e. The van der Waals surface area contributed by atoms with Gasteiger partial charge in [0.15, 0.2) is 0 Å².